The van der Waals surface area contributed by atoms with Crippen molar-refractivity contribution in [2.45, 2.75) is 40.2 Å². The molecule has 3 rings (SSSR count). The molecule has 2 aromatic rings. The summed E-state index contributed by atoms with van der Waals surface area (Å²) in [4.78, 5) is 13.9. The van der Waals surface area contributed by atoms with Crippen LogP contribution in [-0.4, -0.2) is 42.2 Å². The first kappa shape index (κ1) is 17.5. The fourth-order valence-corrected chi connectivity index (χ4v) is 3.16. The molecule has 1 fully saturated rings. The second kappa shape index (κ2) is 7.72. The molecule has 1 unspecified atom stereocenters. The van der Waals surface area contributed by atoms with Gasteiger partial charge >= 0.3 is 0 Å². The van der Waals surface area contributed by atoms with Crippen LogP contribution >= 0.6 is 0 Å². The Morgan fingerprint density at radius 2 is 1.80 bits per heavy atom. The first-order chi connectivity index (χ1) is 12.1. The lowest BCUT2D eigenvalue weighted by atomic mass is 10.1. The van der Waals surface area contributed by atoms with Gasteiger partial charge in [0.2, 0.25) is 5.95 Å². The van der Waals surface area contributed by atoms with Crippen LogP contribution in [0.1, 0.15) is 31.4 Å². The van der Waals surface area contributed by atoms with Crippen molar-refractivity contribution in [3.05, 3.63) is 41.6 Å². The number of aromatic nitrogens is 2. The molecule has 0 aliphatic carbocycles. The molecule has 134 valence electrons. The van der Waals surface area contributed by atoms with E-state index in [1.54, 1.807) is 0 Å². The number of hydrogen-bond donors (Lipinski definition) is 1. The summed E-state index contributed by atoms with van der Waals surface area (Å²) in [5.74, 6) is 1.74. The molecule has 25 heavy (non-hydrogen) atoms. The number of benzene rings is 1. The summed E-state index contributed by atoms with van der Waals surface area (Å²) in [6.07, 6.45) is 2.93. The number of nitrogens with zero attached hydrogens (tertiary/aromatic N) is 4. The lowest BCUT2D eigenvalue weighted by Gasteiger charge is -2.37. The Kier molecular flexibility index (Phi) is 5.41. The van der Waals surface area contributed by atoms with Gasteiger partial charge in [-0.3, -0.25) is 0 Å². The fraction of sp³-hybridized carbons (Fsp3) is 0.500. The van der Waals surface area contributed by atoms with E-state index in [0.717, 1.165) is 44.4 Å². The van der Waals surface area contributed by atoms with Crippen molar-refractivity contribution >= 4 is 17.5 Å². The van der Waals surface area contributed by atoms with E-state index in [2.05, 4.69) is 66.0 Å². The Hall–Kier alpha value is -2.30. The van der Waals surface area contributed by atoms with Gasteiger partial charge < -0.3 is 15.1 Å². The molecule has 1 N–H and O–H groups in total. The van der Waals surface area contributed by atoms with Crippen molar-refractivity contribution < 1.29 is 0 Å². The lowest BCUT2D eigenvalue weighted by molar-refractivity contribution is 0.638. The van der Waals surface area contributed by atoms with Gasteiger partial charge in [-0.25, -0.2) is 4.98 Å². The van der Waals surface area contributed by atoms with E-state index in [1.807, 2.05) is 12.3 Å². The van der Waals surface area contributed by atoms with Crippen LogP contribution in [0.4, 0.5) is 17.5 Å². The van der Waals surface area contributed by atoms with Crippen LogP contribution in [0, 0.1) is 13.8 Å². The highest BCUT2D eigenvalue weighted by molar-refractivity contribution is 5.57. The molecule has 5 nitrogen and oxygen atoms in total. The van der Waals surface area contributed by atoms with Gasteiger partial charge in [0.15, 0.2) is 0 Å². The van der Waals surface area contributed by atoms with Gasteiger partial charge in [-0.05, 0) is 50.5 Å². The molecule has 1 atom stereocenters. The Bertz CT molecular complexity index is 707. The number of nitrogens with one attached hydrogen (secondary N) is 1. The van der Waals surface area contributed by atoms with E-state index >= 15 is 0 Å². The largest absolute Gasteiger partial charge is 0.368 e. The molecule has 0 amide bonds. The molecule has 0 bridgehead atoms. The molecule has 0 spiro atoms. The number of anilines is 3. The van der Waals surface area contributed by atoms with E-state index in [4.69, 9.17) is 4.98 Å². The van der Waals surface area contributed by atoms with Crippen LogP contribution < -0.4 is 15.1 Å². The SMILES string of the molecule is CCC(C)Nc1ccnc(N2CCN(c3cccc(C)c3C)CC2)n1. The Morgan fingerprint density at radius 1 is 1.08 bits per heavy atom. The van der Waals surface area contributed by atoms with E-state index in [1.165, 1.54) is 16.8 Å². The van der Waals surface area contributed by atoms with E-state index in [9.17, 15) is 0 Å². The minimum atomic E-state index is 0.420. The average Bonchev–Trinajstić information content (AvgIpc) is 2.64. The molecule has 1 aromatic heterocycles. The molecule has 0 saturated carbocycles. The molecule has 1 aliphatic rings. The summed E-state index contributed by atoms with van der Waals surface area (Å²) in [5.41, 5.74) is 4.09. The molecule has 1 saturated heterocycles. The highest BCUT2D eigenvalue weighted by Crippen LogP contribution is 2.24. The Balaban J connectivity index is 1.66. The van der Waals surface area contributed by atoms with Crippen molar-refractivity contribution in [1.29, 1.82) is 0 Å². The molecule has 1 aromatic carbocycles. The standard InChI is InChI=1S/C20H29N5/c1-5-16(3)22-19-9-10-21-20(23-19)25-13-11-24(12-14-25)18-8-6-7-15(2)17(18)4/h6-10,16H,5,11-14H2,1-4H3,(H,21,22,23). The van der Waals surface area contributed by atoms with E-state index < -0.39 is 0 Å². The zero-order valence-electron chi connectivity index (χ0n) is 15.8. The number of hydrogen-bond acceptors (Lipinski definition) is 5. The lowest BCUT2D eigenvalue weighted by Crippen LogP contribution is -2.47. The maximum Gasteiger partial charge on any atom is 0.227 e. The molecule has 1 aliphatic heterocycles. The number of rotatable bonds is 5. The summed E-state index contributed by atoms with van der Waals surface area (Å²) < 4.78 is 0. The topological polar surface area (TPSA) is 44.3 Å². The molecule has 2 heterocycles. The maximum absolute atomic E-state index is 4.70. The predicted molar refractivity (Wildman–Crippen MR) is 106 cm³/mol. The summed E-state index contributed by atoms with van der Waals surface area (Å²) in [6.45, 7) is 12.6. The number of aryl methyl sites for hydroxylation is 1. The van der Waals surface area contributed by atoms with Gasteiger partial charge in [0, 0.05) is 44.1 Å². The van der Waals surface area contributed by atoms with Gasteiger partial charge in [0.05, 0.1) is 0 Å². The smallest absolute Gasteiger partial charge is 0.227 e. The number of piperazine rings is 1. The van der Waals surface area contributed by atoms with Gasteiger partial charge in [0.1, 0.15) is 5.82 Å². The Morgan fingerprint density at radius 3 is 2.52 bits per heavy atom. The molecule has 0 radical (unpaired) electrons. The van der Waals surface area contributed by atoms with Crippen LogP contribution in [0.5, 0.6) is 0 Å². The second-order valence-electron chi connectivity index (χ2n) is 6.89. The normalized spacial score (nSPS) is 16.0. The summed E-state index contributed by atoms with van der Waals surface area (Å²) in [6, 6.07) is 8.92. The third-order valence-corrected chi connectivity index (χ3v) is 5.13. The third-order valence-electron chi connectivity index (χ3n) is 5.13. The first-order valence-electron chi connectivity index (χ1n) is 9.24. The fourth-order valence-electron chi connectivity index (χ4n) is 3.16. The quantitative estimate of drug-likeness (QED) is 0.901. The van der Waals surface area contributed by atoms with E-state index in [-0.39, 0.29) is 0 Å². The van der Waals surface area contributed by atoms with Gasteiger partial charge in [-0.15, -0.1) is 0 Å². The van der Waals surface area contributed by atoms with Crippen molar-refractivity contribution in [3.63, 3.8) is 0 Å². The molecular formula is C20H29N5. The van der Waals surface area contributed by atoms with Gasteiger partial charge in [-0.2, -0.15) is 4.98 Å². The van der Waals surface area contributed by atoms with Gasteiger partial charge in [-0.1, -0.05) is 19.1 Å². The van der Waals surface area contributed by atoms with Crippen molar-refractivity contribution in [3.8, 4) is 0 Å². The van der Waals surface area contributed by atoms with Crippen LogP contribution in [0.3, 0.4) is 0 Å². The summed E-state index contributed by atoms with van der Waals surface area (Å²) in [7, 11) is 0. The van der Waals surface area contributed by atoms with Crippen molar-refractivity contribution in [1.82, 2.24) is 9.97 Å². The van der Waals surface area contributed by atoms with Crippen molar-refractivity contribution in [2.75, 3.05) is 41.3 Å². The first-order valence-corrected chi connectivity index (χ1v) is 9.24. The van der Waals surface area contributed by atoms with Crippen LogP contribution in [-0.2, 0) is 0 Å². The zero-order chi connectivity index (χ0) is 17.8. The minimum Gasteiger partial charge on any atom is -0.368 e. The minimum absolute atomic E-state index is 0.420. The maximum atomic E-state index is 4.70. The highest BCUT2D eigenvalue weighted by Gasteiger charge is 2.20. The van der Waals surface area contributed by atoms with Gasteiger partial charge in [0.25, 0.3) is 0 Å². The van der Waals surface area contributed by atoms with Crippen molar-refractivity contribution in [2.24, 2.45) is 0 Å². The zero-order valence-corrected chi connectivity index (χ0v) is 15.8. The summed E-state index contributed by atoms with van der Waals surface area (Å²) >= 11 is 0. The molecular weight excluding hydrogens is 310 g/mol. The van der Waals surface area contributed by atoms with Crippen LogP contribution in [0.15, 0.2) is 30.5 Å². The monoisotopic (exact) mass is 339 g/mol. The second-order valence-corrected chi connectivity index (χ2v) is 6.89. The Labute approximate surface area is 151 Å². The molecule has 5 heteroatoms. The van der Waals surface area contributed by atoms with Crippen LogP contribution in [0.25, 0.3) is 0 Å². The highest BCUT2D eigenvalue weighted by atomic mass is 15.3. The summed E-state index contributed by atoms with van der Waals surface area (Å²) in [5, 5.41) is 3.43. The predicted octanol–water partition coefficient (Wildman–Crippen LogP) is 3.63. The van der Waals surface area contributed by atoms with E-state index in [0.29, 0.717) is 6.04 Å². The third kappa shape index (κ3) is 4.03. The van der Waals surface area contributed by atoms with Crippen LogP contribution in [0.2, 0.25) is 0 Å². The average molecular weight is 339 g/mol.